The fourth-order valence-electron chi connectivity index (χ4n) is 1.02. The number of aliphatic hydroxyl groups is 1. The van der Waals surface area contributed by atoms with Crippen LogP contribution in [0, 0.1) is 5.92 Å². The molecule has 56 valence electrons. The second-order valence-corrected chi connectivity index (χ2v) is 4.97. The van der Waals surface area contributed by atoms with Gasteiger partial charge in [-0.25, -0.2) is 0 Å². The maximum atomic E-state index is 8.78. The van der Waals surface area contributed by atoms with Crippen molar-refractivity contribution in [1.29, 1.82) is 0 Å². The first-order valence-corrected chi connectivity index (χ1v) is 5.63. The fraction of sp³-hybridized carbons (Fsp3) is 0.500. The minimum Gasteiger partial charge on any atom is -0.392 e. The Morgan fingerprint density at radius 1 is 1.40 bits per heavy atom. The molecule has 2 heteroatoms. The monoisotopic (exact) mass is 156 g/mol. The van der Waals surface area contributed by atoms with Crippen molar-refractivity contribution in [2.24, 2.45) is 5.92 Å². The van der Waals surface area contributed by atoms with E-state index < -0.39 is 0 Å². The van der Waals surface area contributed by atoms with E-state index in [2.05, 4.69) is 31.0 Å². The van der Waals surface area contributed by atoms with Crippen LogP contribution in [0.4, 0.5) is 0 Å². The summed E-state index contributed by atoms with van der Waals surface area (Å²) in [6.45, 7) is 2.13. The molecule has 0 aromatic rings. The highest BCUT2D eigenvalue weighted by atomic mass is 31.1. The van der Waals surface area contributed by atoms with E-state index >= 15 is 0 Å². The Hall–Kier alpha value is -0.130. The van der Waals surface area contributed by atoms with Crippen molar-refractivity contribution in [3.8, 4) is 0 Å². The molecule has 10 heavy (non-hydrogen) atoms. The Bertz CT molecular complexity index is 139. The molecule has 1 N–H and O–H groups in total. The lowest BCUT2D eigenvalue weighted by Gasteiger charge is -2.10. The van der Waals surface area contributed by atoms with Gasteiger partial charge in [0.15, 0.2) is 0 Å². The minimum absolute atomic E-state index is 0.136. The standard InChI is InChI=1S/C8H13OP/c1-10(7-9)6-8-4-2-3-5-8/h2-5,8-9H,6-7H2,1H3. The van der Waals surface area contributed by atoms with Crippen LogP contribution in [0.3, 0.4) is 0 Å². The lowest BCUT2D eigenvalue weighted by atomic mass is 10.2. The topological polar surface area (TPSA) is 20.2 Å². The molecule has 0 saturated heterocycles. The maximum absolute atomic E-state index is 8.78. The average molecular weight is 156 g/mol. The Kier molecular flexibility index (Phi) is 3.11. The molecule has 1 unspecified atom stereocenters. The van der Waals surface area contributed by atoms with Crippen LogP contribution in [0.2, 0.25) is 0 Å². The van der Waals surface area contributed by atoms with Gasteiger partial charge in [0.1, 0.15) is 0 Å². The summed E-state index contributed by atoms with van der Waals surface area (Å²) >= 11 is 0. The van der Waals surface area contributed by atoms with Gasteiger partial charge in [0.05, 0.1) is 6.35 Å². The van der Waals surface area contributed by atoms with Crippen molar-refractivity contribution in [2.45, 2.75) is 0 Å². The van der Waals surface area contributed by atoms with E-state index in [9.17, 15) is 0 Å². The van der Waals surface area contributed by atoms with Gasteiger partial charge in [-0.05, 0) is 18.7 Å². The van der Waals surface area contributed by atoms with Crippen molar-refractivity contribution in [2.75, 3.05) is 19.2 Å². The fourth-order valence-corrected chi connectivity index (χ4v) is 2.10. The molecule has 0 bridgehead atoms. The van der Waals surface area contributed by atoms with Gasteiger partial charge >= 0.3 is 0 Å². The summed E-state index contributed by atoms with van der Waals surface area (Å²) in [6.07, 6.45) is 10.0. The van der Waals surface area contributed by atoms with Gasteiger partial charge in [-0.15, -0.1) is 0 Å². The number of aliphatic hydroxyl groups excluding tert-OH is 1. The van der Waals surface area contributed by atoms with Crippen LogP contribution in [0.25, 0.3) is 0 Å². The van der Waals surface area contributed by atoms with Crippen molar-refractivity contribution >= 4 is 7.92 Å². The smallest absolute Gasteiger partial charge is 0.0622 e. The molecule has 0 aliphatic heterocycles. The molecule has 0 heterocycles. The first-order chi connectivity index (χ1) is 4.83. The van der Waals surface area contributed by atoms with Gasteiger partial charge in [-0.1, -0.05) is 32.2 Å². The number of hydrogen-bond donors (Lipinski definition) is 1. The van der Waals surface area contributed by atoms with Crippen LogP contribution in [-0.2, 0) is 0 Å². The Labute approximate surface area is 63.2 Å². The largest absolute Gasteiger partial charge is 0.392 e. The van der Waals surface area contributed by atoms with Gasteiger partial charge < -0.3 is 5.11 Å². The summed E-state index contributed by atoms with van der Waals surface area (Å²) < 4.78 is 0. The van der Waals surface area contributed by atoms with Crippen LogP contribution in [0.5, 0.6) is 0 Å². The summed E-state index contributed by atoms with van der Waals surface area (Å²) in [6, 6.07) is 0. The Morgan fingerprint density at radius 3 is 2.50 bits per heavy atom. The molecule has 0 fully saturated rings. The quantitative estimate of drug-likeness (QED) is 0.617. The molecular weight excluding hydrogens is 143 g/mol. The number of hydrogen-bond acceptors (Lipinski definition) is 1. The summed E-state index contributed by atoms with van der Waals surface area (Å²) in [4.78, 5) is 0. The second kappa shape index (κ2) is 3.90. The molecule has 0 radical (unpaired) electrons. The van der Waals surface area contributed by atoms with Gasteiger partial charge in [0.2, 0.25) is 0 Å². The zero-order valence-corrected chi connectivity index (χ0v) is 7.09. The lowest BCUT2D eigenvalue weighted by Crippen LogP contribution is -1.97. The number of rotatable bonds is 3. The van der Waals surface area contributed by atoms with Gasteiger partial charge in [0, 0.05) is 0 Å². The molecule has 0 aromatic carbocycles. The summed E-state index contributed by atoms with van der Waals surface area (Å²) in [5.41, 5.74) is 0. The van der Waals surface area contributed by atoms with Crippen LogP contribution in [0.1, 0.15) is 0 Å². The van der Waals surface area contributed by atoms with Crippen molar-refractivity contribution in [1.82, 2.24) is 0 Å². The predicted molar refractivity (Wildman–Crippen MR) is 46.6 cm³/mol. The Morgan fingerprint density at radius 2 is 2.00 bits per heavy atom. The molecule has 1 rings (SSSR count). The molecular formula is C8H13OP. The first kappa shape index (κ1) is 7.97. The normalized spacial score (nSPS) is 20.2. The molecule has 0 amide bonds. The molecule has 0 spiro atoms. The zero-order chi connectivity index (χ0) is 7.40. The third kappa shape index (κ3) is 2.24. The maximum Gasteiger partial charge on any atom is 0.0622 e. The van der Waals surface area contributed by atoms with Crippen molar-refractivity contribution in [3.05, 3.63) is 24.3 Å². The second-order valence-electron chi connectivity index (χ2n) is 2.61. The van der Waals surface area contributed by atoms with E-state index in [1.807, 2.05) is 0 Å². The van der Waals surface area contributed by atoms with Crippen LogP contribution in [0.15, 0.2) is 24.3 Å². The Balaban J connectivity index is 2.25. The predicted octanol–water partition coefficient (Wildman–Crippen LogP) is 1.79. The molecule has 1 nitrogen and oxygen atoms in total. The van der Waals surface area contributed by atoms with E-state index in [-0.39, 0.29) is 7.92 Å². The van der Waals surface area contributed by atoms with Crippen LogP contribution < -0.4 is 0 Å². The molecule has 0 aromatic heterocycles. The van der Waals surface area contributed by atoms with Crippen molar-refractivity contribution in [3.63, 3.8) is 0 Å². The zero-order valence-electron chi connectivity index (χ0n) is 6.20. The molecule has 1 atom stereocenters. The van der Waals surface area contributed by atoms with E-state index in [0.717, 1.165) is 6.16 Å². The van der Waals surface area contributed by atoms with E-state index in [1.165, 1.54) is 0 Å². The average Bonchev–Trinajstić information content (AvgIpc) is 2.40. The summed E-state index contributed by atoms with van der Waals surface area (Å²) in [5, 5.41) is 8.78. The minimum atomic E-state index is -0.136. The van der Waals surface area contributed by atoms with Gasteiger partial charge in [0.25, 0.3) is 0 Å². The highest BCUT2D eigenvalue weighted by Gasteiger charge is 2.07. The highest BCUT2D eigenvalue weighted by Crippen LogP contribution is 2.33. The summed E-state index contributed by atoms with van der Waals surface area (Å²) in [7, 11) is -0.136. The first-order valence-electron chi connectivity index (χ1n) is 3.47. The van der Waals surface area contributed by atoms with Crippen molar-refractivity contribution < 1.29 is 5.11 Å². The third-order valence-corrected chi connectivity index (χ3v) is 3.12. The molecule has 1 aliphatic carbocycles. The van der Waals surface area contributed by atoms with E-state index in [1.54, 1.807) is 0 Å². The van der Waals surface area contributed by atoms with Gasteiger partial charge in [-0.2, -0.15) is 0 Å². The van der Waals surface area contributed by atoms with Crippen LogP contribution >= 0.6 is 7.92 Å². The van der Waals surface area contributed by atoms with E-state index in [4.69, 9.17) is 5.11 Å². The summed E-state index contributed by atoms with van der Waals surface area (Å²) in [5.74, 6) is 0.600. The van der Waals surface area contributed by atoms with Gasteiger partial charge in [-0.3, -0.25) is 0 Å². The molecule has 0 saturated carbocycles. The highest BCUT2D eigenvalue weighted by molar-refractivity contribution is 7.56. The lowest BCUT2D eigenvalue weighted by molar-refractivity contribution is 0.370. The van der Waals surface area contributed by atoms with Crippen LogP contribution in [-0.4, -0.2) is 24.3 Å². The third-order valence-electron chi connectivity index (χ3n) is 1.59. The number of allylic oxidation sites excluding steroid dienone is 4. The molecule has 1 aliphatic rings. The van der Waals surface area contributed by atoms with E-state index in [0.29, 0.717) is 12.3 Å². The SMILES string of the molecule is CP(CO)CC1C=CC=C1.